The summed E-state index contributed by atoms with van der Waals surface area (Å²) >= 11 is 9.10. The summed E-state index contributed by atoms with van der Waals surface area (Å²) in [5.41, 5.74) is 0.604. The molecule has 2 rings (SSSR count). The number of para-hydroxylation sites is 1. The van der Waals surface area contributed by atoms with E-state index in [0.29, 0.717) is 20.8 Å². The minimum atomic E-state index is -0.542. The Kier molecular flexibility index (Phi) is 5.57. The van der Waals surface area contributed by atoms with Crippen LogP contribution in [0.3, 0.4) is 0 Å². The van der Waals surface area contributed by atoms with Gasteiger partial charge in [0, 0.05) is 11.1 Å². The van der Waals surface area contributed by atoms with E-state index in [-0.39, 0.29) is 18.0 Å². The molecule has 0 aliphatic rings. The summed E-state index contributed by atoms with van der Waals surface area (Å²) in [6.07, 6.45) is 0. The lowest BCUT2D eigenvalue weighted by Gasteiger charge is -2.11. The predicted molar refractivity (Wildman–Crippen MR) is 91.1 cm³/mol. The lowest BCUT2D eigenvalue weighted by Crippen LogP contribution is -2.21. The molecule has 0 aromatic heterocycles. The molecule has 0 atom stereocenters. The van der Waals surface area contributed by atoms with Gasteiger partial charge in [-0.05, 0) is 46.6 Å². The highest BCUT2D eigenvalue weighted by Gasteiger charge is 2.18. The number of hydrogen-bond acceptors (Lipinski definition) is 4. The van der Waals surface area contributed by atoms with E-state index in [2.05, 4.69) is 21.2 Å². The van der Waals surface area contributed by atoms with Gasteiger partial charge in [-0.25, -0.2) is 0 Å². The van der Waals surface area contributed by atoms with Crippen molar-refractivity contribution in [2.75, 3.05) is 11.9 Å². The number of halogens is 2. The first kappa shape index (κ1) is 17.2. The van der Waals surface area contributed by atoms with Gasteiger partial charge in [-0.15, -0.1) is 0 Å². The molecule has 2 aromatic carbocycles. The normalized spacial score (nSPS) is 10.2. The van der Waals surface area contributed by atoms with Gasteiger partial charge in [-0.3, -0.25) is 14.9 Å². The van der Waals surface area contributed by atoms with Crippen LogP contribution in [0.2, 0.25) is 5.02 Å². The summed E-state index contributed by atoms with van der Waals surface area (Å²) in [4.78, 5) is 22.5. The lowest BCUT2D eigenvalue weighted by molar-refractivity contribution is -0.384. The maximum absolute atomic E-state index is 12.0. The molecular weight excluding hydrogens is 388 g/mol. The second-order valence-electron chi connectivity index (χ2n) is 4.64. The first-order valence-corrected chi connectivity index (χ1v) is 7.67. The number of aryl methyl sites for hydroxylation is 1. The number of ether oxygens (including phenoxy) is 1. The molecule has 2 aromatic rings. The van der Waals surface area contributed by atoms with Crippen LogP contribution in [0.1, 0.15) is 5.56 Å². The van der Waals surface area contributed by atoms with Crippen LogP contribution in [-0.4, -0.2) is 17.4 Å². The highest BCUT2D eigenvalue weighted by molar-refractivity contribution is 9.10. The Hall–Kier alpha value is -2.12. The van der Waals surface area contributed by atoms with Crippen molar-refractivity contribution < 1.29 is 14.5 Å². The van der Waals surface area contributed by atoms with Gasteiger partial charge in [0.15, 0.2) is 6.61 Å². The summed E-state index contributed by atoms with van der Waals surface area (Å²) in [6, 6.07) is 9.46. The third-order valence-corrected chi connectivity index (χ3v) is 3.82. The van der Waals surface area contributed by atoms with Gasteiger partial charge in [0.1, 0.15) is 11.4 Å². The van der Waals surface area contributed by atoms with Crippen molar-refractivity contribution in [3.05, 3.63) is 61.6 Å². The standard InChI is InChI=1S/C15H12BrClN2O4/c1-9-3-2-4-12(19(21)22)15(9)18-14(20)8-23-13-6-5-10(17)7-11(13)16/h2-7H,8H2,1H3,(H,18,20). The van der Waals surface area contributed by atoms with Crippen LogP contribution in [0.5, 0.6) is 5.75 Å². The zero-order valence-corrected chi connectivity index (χ0v) is 14.3. The summed E-state index contributed by atoms with van der Waals surface area (Å²) in [5, 5.41) is 14.1. The van der Waals surface area contributed by atoms with E-state index >= 15 is 0 Å². The van der Waals surface area contributed by atoms with Crippen LogP contribution in [-0.2, 0) is 4.79 Å². The van der Waals surface area contributed by atoms with Crippen LogP contribution < -0.4 is 10.1 Å². The van der Waals surface area contributed by atoms with Crippen LogP contribution >= 0.6 is 27.5 Å². The fourth-order valence-electron chi connectivity index (χ4n) is 1.88. The van der Waals surface area contributed by atoms with E-state index < -0.39 is 10.8 Å². The third kappa shape index (κ3) is 4.43. The fourth-order valence-corrected chi connectivity index (χ4v) is 2.68. The van der Waals surface area contributed by atoms with Gasteiger partial charge in [0.05, 0.1) is 9.40 Å². The summed E-state index contributed by atoms with van der Waals surface area (Å²) in [7, 11) is 0. The summed E-state index contributed by atoms with van der Waals surface area (Å²) in [6.45, 7) is 1.39. The summed E-state index contributed by atoms with van der Waals surface area (Å²) < 4.78 is 5.99. The van der Waals surface area contributed by atoms with Crippen molar-refractivity contribution in [2.24, 2.45) is 0 Å². The van der Waals surface area contributed by atoms with Gasteiger partial charge in [0.2, 0.25) is 0 Å². The molecule has 0 aliphatic heterocycles. The monoisotopic (exact) mass is 398 g/mol. The number of benzene rings is 2. The van der Waals surface area contributed by atoms with E-state index in [1.165, 1.54) is 6.07 Å². The van der Waals surface area contributed by atoms with E-state index in [1.54, 1.807) is 37.3 Å². The number of nitro groups is 1. The molecule has 0 spiro atoms. The molecule has 0 saturated carbocycles. The van der Waals surface area contributed by atoms with Gasteiger partial charge in [-0.2, -0.15) is 0 Å². The molecule has 8 heteroatoms. The number of nitro benzene ring substituents is 1. The van der Waals surface area contributed by atoms with Crippen molar-refractivity contribution in [3.63, 3.8) is 0 Å². The number of carbonyl (C=O) groups excluding carboxylic acids is 1. The van der Waals surface area contributed by atoms with Crippen molar-refractivity contribution in [1.82, 2.24) is 0 Å². The van der Waals surface area contributed by atoms with Gasteiger partial charge in [0.25, 0.3) is 11.6 Å². The molecule has 0 unspecified atom stereocenters. The van der Waals surface area contributed by atoms with Crippen molar-refractivity contribution >= 4 is 44.8 Å². The first-order chi connectivity index (χ1) is 10.9. The maximum atomic E-state index is 12.0. The number of nitrogens with zero attached hydrogens (tertiary/aromatic N) is 1. The third-order valence-electron chi connectivity index (χ3n) is 2.96. The molecule has 1 N–H and O–H groups in total. The highest BCUT2D eigenvalue weighted by atomic mass is 79.9. The van der Waals surface area contributed by atoms with Crippen molar-refractivity contribution in [3.8, 4) is 5.75 Å². The topological polar surface area (TPSA) is 81.5 Å². The molecule has 6 nitrogen and oxygen atoms in total. The van der Waals surface area contributed by atoms with Crippen LogP contribution in [0.25, 0.3) is 0 Å². The Balaban J connectivity index is 2.07. The predicted octanol–water partition coefficient (Wildman–Crippen LogP) is 4.34. The number of hydrogen-bond donors (Lipinski definition) is 1. The summed E-state index contributed by atoms with van der Waals surface area (Å²) in [5.74, 6) is -0.0481. The van der Waals surface area contributed by atoms with E-state index in [4.69, 9.17) is 16.3 Å². The maximum Gasteiger partial charge on any atom is 0.293 e. The molecular formula is C15H12BrClN2O4. The average molecular weight is 400 g/mol. The molecule has 0 aliphatic carbocycles. The Labute approximate surface area is 145 Å². The molecule has 0 saturated heterocycles. The number of nitrogens with one attached hydrogen (secondary N) is 1. The smallest absolute Gasteiger partial charge is 0.293 e. The van der Waals surface area contributed by atoms with Crippen molar-refractivity contribution in [2.45, 2.75) is 6.92 Å². The second-order valence-corrected chi connectivity index (χ2v) is 5.93. The molecule has 0 fully saturated rings. The zero-order valence-electron chi connectivity index (χ0n) is 12.0. The molecule has 0 bridgehead atoms. The number of carbonyl (C=O) groups is 1. The Morgan fingerprint density at radius 3 is 2.78 bits per heavy atom. The Morgan fingerprint density at radius 1 is 1.39 bits per heavy atom. The fraction of sp³-hybridized carbons (Fsp3) is 0.133. The molecule has 120 valence electrons. The average Bonchev–Trinajstić information content (AvgIpc) is 2.48. The Bertz CT molecular complexity index is 767. The minimum absolute atomic E-state index is 0.161. The van der Waals surface area contributed by atoms with E-state index in [0.717, 1.165) is 0 Å². The largest absolute Gasteiger partial charge is 0.483 e. The lowest BCUT2D eigenvalue weighted by atomic mass is 10.1. The molecule has 1 amide bonds. The quantitative estimate of drug-likeness (QED) is 0.599. The molecule has 0 radical (unpaired) electrons. The van der Waals surface area contributed by atoms with Crippen LogP contribution in [0, 0.1) is 17.0 Å². The molecule has 0 heterocycles. The van der Waals surface area contributed by atoms with E-state index in [9.17, 15) is 14.9 Å². The van der Waals surface area contributed by atoms with E-state index in [1.807, 2.05) is 0 Å². The zero-order chi connectivity index (χ0) is 17.0. The van der Waals surface area contributed by atoms with Crippen LogP contribution in [0.15, 0.2) is 40.9 Å². The first-order valence-electron chi connectivity index (χ1n) is 6.50. The number of anilines is 1. The SMILES string of the molecule is Cc1cccc([N+](=O)[O-])c1NC(=O)COc1ccc(Cl)cc1Br. The minimum Gasteiger partial charge on any atom is -0.483 e. The van der Waals surface area contributed by atoms with Gasteiger partial charge in [-0.1, -0.05) is 23.7 Å². The molecule has 23 heavy (non-hydrogen) atoms. The number of amides is 1. The number of rotatable bonds is 5. The van der Waals surface area contributed by atoms with Gasteiger partial charge >= 0.3 is 0 Å². The Morgan fingerprint density at radius 2 is 2.13 bits per heavy atom. The second kappa shape index (κ2) is 7.43. The highest BCUT2D eigenvalue weighted by Crippen LogP contribution is 2.29. The van der Waals surface area contributed by atoms with Crippen LogP contribution in [0.4, 0.5) is 11.4 Å². The van der Waals surface area contributed by atoms with Crippen molar-refractivity contribution in [1.29, 1.82) is 0 Å². The van der Waals surface area contributed by atoms with Gasteiger partial charge < -0.3 is 10.1 Å².